The van der Waals surface area contributed by atoms with Crippen molar-refractivity contribution in [2.75, 3.05) is 46.3 Å². The number of rotatable bonds is 8. The number of carbonyl (C=O) groups is 1. The third kappa shape index (κ3) is 5.23. The molecular formula is C23H32ClN5O. The van der Waals surface area contributed by atoms with Crippen LogP contribution in [-0.2, 0) is 18.4 Å². The molecule has 7 heteroatoms. The summed E-state index contributed by atoms with van der Waals surface area (Å²) >= 11 is 6.35. The summed E-state index contributed by atoms with van der Waals surface area (Å²) in [5.74, 6) is 0.667. The number of amides is 1. The van der Waals surface area contributed by atoms with Crippen LogP contribution >= 0.6 is 11.6 Å². The summed E-state index contributed by atoms with van der Waals surface area (Å²) < 4.78 is 1.72. The zero-order valence-corrected chi connectivity index (χ0v) is 18.8. The Morgan fingerprint density at radius 2 is 1.90 bits per heavy atom. The van der Waals surface area contributed by atoms with Crippen molar-refractivity contribution in [2.45, 2.75) is 25.3 Å². The largest absolute Gasteiger partial charge is 0.336 e. The van der Waals surface area contributed by atoms with Gasteiger partial charge in [-0.05, 0) is 37.9 Å². The molecule has 1 saturated heterocycles. The summed E-state index contributed by atoms with van der Waals surface area (Å²) in [7, 11) is 4.04. The minimum Gasteiger partial charge on any atom is -0.336 e. The number of carbonyl (C=O) groups excluding carboxylic acids is 1. The molecule has 0 radical (unpaired) electrons. The summed E-state index contributed by atoms with van der Waals surface area (Å²) in [6.45, 7) is 6.71. The molecular weight excluding hydrogens is 398 g/mol. The Bertz CT molecular complexity index is 847. The molecule has 1 aromatic carbocycles. The first-order valence-corrected chi connectivity index (χ1v) is 11.3. The van der Waals surface area contributed by atoms with Crippen molar-refractivity contribution in [2.24, 2.45) is 13.0 Å². The smallest absolute Gasteiger partial charge is 0.226 e. The molecule has 6 nitrogen and oxygen atoms in total. The number of hydrogen-bond acceptors (Lipinski definition) is 4. The van der Waals surface area contributed by atoms with Gasteiger partial charge in [-0.1, -0.05) is 41.9 Å². The lowest BCUT2D eigenvalue weighted by molar-refractivity contribution is -0.133. The summed E-state index contributed by atoms with van der Waals surface area (Å²) in [5.41, 5.74) is 2.05. The van der Waals surface area contributed by atoms with Gasteiger partial charge in [0, 0.05) is 51.9 Å². The molecule has 1 aliphatic heterocycles. The van der Waals surface area contributed by atoms with Gasteiger partial charge in [0.05, 0.1) is 11.6 Å². The molecule has 2 heterocycles. The van der Waals surface area contributed by atoms with Gasteiger partial charge in [-0.2, -0.15) is 5.10 Å². The Kier molecular flexibility index (Phi) is 6.76. The molecule has 2 aliphatic rings. The molecule has 162 valence electrons. The highest BCUT2D eigenvalue weighted by molar-refractivity contribution is 6.31. The number of benzene rings is 1. The van der Waals surface area contributed by atoms with E-state index in [0.717, 1.165) is 57.8 Å². The van der Waals surface area contributed by atoms with Crippen LogP contribution in [0.25, 0.3) is 0 Å². The minimum absolute atomic E-state index is 0.0820. The third-order valence-electron chi connectivity index (χ3n) is 6.34. The van der Waals surface area contributed by atoms with Gasteiger partial charge in [0.15, 0.2) is 0 Å². The molecule has 1 aliphatic carbocycles. The van der Waals surface area contributed by atoms with Crippen molar-refractivity contribution < 1.29 is 4.79 Å². The number of aryl methyl sites for hydroxylation is 1. The van der Waals surface area contributed by atoms with Gasteiger partial charge in [0.25, 0.3) is 0 Å². The first-order valence-electron chi connectivity index (χ1n) is 10.9. The summed E-state index contributed by atoms with van der Waals surface area (Å²) in [5, 5.41) is 5.10. The molecule has 1 amide bonds. The fourth-order valence-electron chi connectivity index (χ4n) is 4.39. The van der Waals surface area contributed by atoms with E-state index in [1.165, 1.54) is 5.56 Å². The predicted octanol–water partition coefficient (Wildman–Crippen LogP) is 2.84. The zero-order chi connectivity index (χ0) is 21.1. The third-order valence-corrected chi connectivity index (χ3v) is 6.66. The molecule has 2 fully saturated rings. The number of halogens is 1. The number of aromatic nitrogens is 2. The van der Waals surface area contributed by atoms with E-state index >= 15 is 0 Å². The second-order valence-corrected chi connectivity index (χ2v) is 9.12. The predicted molar refractivity (Wildman–Crippen MR) is 119 cm³/mol. The van der Waals surface area contributed by atoms with Crippen LogP contribution in [-0.4, -0.2) is 76.7 Å². The Hall–Kier alpha value is -1.89. The van der Waals surface area contributed by atoms with Gasteiger partial charge in [0.2, 0.25) is 5.91 Å². The number of nitrogens with zero attached hydrogens (tertiary/aromatic N) is 5. The Morgan fingerprint density at radius 3 is 2.57 bits per heavy atom. The maximum absolute atomic E-state index is 13.4. The Morgan fingerprint density at radius 1 is 1.17 bits per heavy atom. The van der Waals surface area contributed by atoms with Crippen molar-refractivity contribution >= 4 is 17.5 Å². The van der Waals surface area contributed by atoms with Crippen LogP contribution in [0.4, 0.5) is 0 Å². The maximum Gasteiger partial charge on any atom is 0.226 e. The number of hydrogen-bond donors (Lipinski definition) is 0. The van der Waals surface area contributed by atoms with Crippen molar-refractivity contribution in [1.82, 2.24) is 24.5 Å². The lowest BCUT2D eigenvalue weighted by Crippen LogP contribution is -2.45. The second kappa shape index (κ2) is 9.50. The SMILES string of the molecule is CN1CCN(CCCN(Cc2nn(C)cc2Cl)C(=O)[C@@H]2C[C@H]2c2ccccc2)CC1. The standard InChI is InChI=1S/C23H32ClN5O/c1-26-11-13-28(14-12-26)9-6-10-29(17-22-21(24)16-27(2)25-22)23(30)20-15-19(20)18-7-4-3-5-8-18/h3-5,7-8,16,19-20H,6,9-15,17H2,1-2H3/t19-,20+/m0/s1. The van der Waals surface area contributed by atoms with E-state index in [-0.39, 0.29) is 11.8 Å². The molecule has 2 aromatic rings. The van der Waals surface area contributed by atoms with Crippen LogP contribution in [0, 0.1) is 5.92 Å². The Labute approximate surface area is 184 Å². The van der Waals surface area contributed by atoms with Crippen molar-refractivity contribution in [3.8, 4) is 0 Å². The average Bonchev–Trinajstić information content (AvgIpc) is 3.48. The topological polar surface area (TPSA) is 44.6 Å². The molecule has 2 atom stereocenters. The Balaban J connectivity index is 1.38. The van der Waals surface area contributed by atoms with E-state index in [1.807, 2.05) is 18.0 Å². The summed E-state index contributed by atoms with van der Waals surface area (Å²) in [4.78, 5) is 20.2. The monoisotopic (exact) mass is 429 g/mol. The molecule has 0 unspecified atom stereocenters. The van der Waals surface area contributed by atoms with Gasteiger partial charge in [0.1, 0.15) is 5.69 Å². The quantitative estimate of drug-likeness (QED) is 0.647. The first kappa shape index (κ1) is 21.3. The van der Waals surface area contributed by atoms with E-state index in [2.05, 4.69) is 46.2 Å². The molecule has 30 heavy (non-hydrogen) atoms. The fraction of sp³-hybridized carbons (Fsp3) is 0.565. The fourth-order valence-corrected chi connectivity index (χ4v) is 4.63. The van der Waals surface area contributed by atoms with E-state index < -0.39 is 0 Å². The van der Waals surface area contributed by atoms with E-state index in [9.17, 15) is 4.79 Å². The lowest BCUT2D eigenvalue weighted by atomic mass is 10.1. The zero-order valence-electron chi connectivity index (χ0n) is 18.0. The molecule has 0 bridgehead atoms. The first-order chi connectivity index (χ1) is 14.5. The molecule has 1 aromatic heterocycles. The summed E-state index contributed by atoms with van der Waals surface area (Å²) in [6, 6.07) is 10.4. The van der Waals surface area contributed by atoms with Crippen LogP contribution in [0.5, 0.6) is 0 Å². The van der Waals surface area contributed by atoms with Crippen LogP contribution < -0.4 is 0 Å². The lowest BCUT2D eigenvalue weighted by Gasteiger charge is -2.33. The van der Waals surface area contributed by atoms with Crippen LogP contribution in [0.3, 0.4) is 0 Å². The van der Waals surface area contributed by atoms with Crippen molar-refractivity contribution in [1.29, 1.82) is 0 Å². The van der Waals surface area contributed by atoms with Gasteiger partial charge < -0.3 is 14.7 Å². The minimum atomic E-state index is 0.0820. The summed E-state index contributed by atoms with van der Waals surface area (Å²) in [6.07, 6.45) is 3.71. The van der Waals surface area contributed by atoms with E-state index in [4.69, 9.17) is 11.6 Å². The highest BCUT2D eigenvalue weighted by Gasteiger charge is 2.45. The van der Waals surface area contributed by atoms with E-state index in [1.54, 1.807) is 10.9 Å². The maximum atomic E-state index is 13.4. The van der Waals surface area contributed by atoms with Gasteiger partial charge in [-0.15, -0.1) is 0 Å². The highest BCUT2D eigenvalue weighted by Crippen LogP contribution is 2.48. The number of piperazine rings is 1. The van der Waals surface area contributed by atoms with Gasteiger partial charge >= 0.3 is 0 Å². The van der Waals surface area contributed by atoms with Gasteiger partial charge in [-0.3, -0.25) is 9.48 Å². The molecule has 1 saturated carbocycles. The molecule has 0 spiro atoms. The van der Waals surface area contributed by atoms with E-state index in [0.29, 0.717) is 17.5 Å². The van der Waals surface area contributed by atoms with Crippen LogP contribution in [0.15, 0.2) is 36.5 Å². The van der Waals surface area contributed by atoms with Crippen LogP contribution in [0.2, 0.25) is 5.02 Å². The van der Waals surface area contributed by atoms with Crippen molar-refractivity contribution in [3.05, 3.63) is 52.8 Å². The average molecular weight is 430 g/mol. The molecule has 0 N–H and O–H groups in total. The second-order valence-electron chi connectivity index (χ2n) is 8.72. The van der Waals surface area contributed by atoms with Crippen molar-refractivity contribution in [3.63, 3.8) is 0 Å². The normalized spacial score (nSPS) is 22.2. The van der Waals surface area contributed by atoms with Crippen LogP contribution in [0.1, 0.15) is 30.0 Å². The number of likely N-dealkylation sites (N-methyl/N-ethyl adjacent to an activating group) is 1. The molecule has 4 rings (SSSR count). The highest BCUT2D eigenvalue weighted by atomic mass is 35.5. The van der Waals surface area contributed by atoms with Gasteiger partial charge in [-0.25, -0.2) is 0 Å².